The number of likely N-dealkylation sites (tertiary alicyclic amines) is 1. The third-order valence-corrected chi connectivity index (χ3v) is 5.64. The van der Waals surface area contributed by atoms with Gasteiger partial charge < -0.3 is 20.7 Å². The van der Waals surface area contributed by atoms with Gasteiger partial charge in [0.1, 0.15) is 11.4 Å². The van der Waals surface area contributed by atoms with E-state index in [9.17, 15) is 4.79 Å². The minimum Gasteiger partial charge on any atom is -0.444 e. The van der Waals surface area contributed by atoms with Crippen LogP contribution in [0.3, 0.4) is 0 Å². The normalized spacial score (nSPS) is 16.5. The molecule has 0 spiro atoms. The molecule has 1 unspecified atom stereocenters. The third kappa shape index (κ3) is 5.02. The van der Waals surface area contributed by atoms with Gasteiger partial charge in [0.2, 0.25) is 0 Å². The van der Waals surface area contributed by atoms with E-state index in [-0.39, 0.29) is 12.1 Å². The van der Waals surface area contributed by atoms with Crippen molar-refractivity contribution in [1.29, 1.82) is 0 Å². The number of ether oxygens (including phenoxy) is 1. The van der Waals surface area contributed by atoms with Crippen molar-refractivity contribution >= 4 is 17.6 Å². The second kappa shape index (κ2) is 9.16. The number of rotatable bonds is 6. The van der Waals surface area contributed by atoms with Gasteiger partial charge in [0, 0.05) is 31.2 Å². The topological polar surface area (TPSA) is 97.8 Å². The second-order valence-electron chi connectivity index (χ2n) is 9.22. The smallest absolute Gasteiger partial charge is 0.410 e. The van der Waals surface area contributed by atoms with E-state index < -0.39 is 5.60 Å². The quantitative estimate of drug-likeness (QED) is 0.605. The van der Waals surface area contributed by atoms with E-state index in [1.54, 1.807) is 0 Å². The molecule has 1 fully saturated rings. The summed E-state index contributed by atoms with van der Waals surface area (Å²) in [5.74, 6) is 0.775. The summed E-state index contributed by atoms with van der Waals surface area (Å²) in [5, 5.41) is 8.14. The fourth-order valence-electron chi connectivity index (χ4n) is 4.04. The molecule has 32 heavy (non-hydrogen) atoms. The lowest BCUT2D eigenvalue weighted by Crippen LogP contribution is -2.40. The van der Waals surface area contributed by atoms with Crippen molar-refractivity contribution in [2.75, 3.05) is 18.4 Å². The number of carbonyl (C=O) groups excluding carboxylic acids is 1. The molecule has 8 heteroatoms. The van der Waals surface area contributed by atoms with Gasteiger partial charge in [0.05, 0.1) is 11.9 Å². The molecule has 0 aliphatic carbocycles. The molecule has 3 N–H and O–H groups in total. The molecule has 1 saturated heterocycles. The summed E-state index contributed by atoms with van der Waals surface area (Å²) in [4.78, 5) is 18.8. The summed E-state index contributed by atoms with van der Waals surface area (Å²) in [6.45, 7) is 7.69. The zero-order valence-electron chi connectivity index (χ0n) is 19.0. The Bertz CT molecular complexity index is 1070. The maximum absolute atomic E-state index is 12.5. The van der Waals surface area contributed by atoms with Gasteiger partial charge in [-0.3, -0.25) is 0 Å². The van der Waals surface area contributed by atoms with Crippen LogP contribution in [0.4, 0.5) is 10.6 Å². The number of hydrogen-bond donors (Lipinski definition) is 2. The molecule has 1 atom stereocenters. The largest absolute Gasteiger partial charge is 0.444 e. The van der Waals surface area contributed by atoms with Crippen molar-refractivity contribution in [2.24, 2.45) is 5.73 Å². The first kappa shape index (κ1) is 22.1. The summed E-state index contributed by atoms with van der Waals surface area (Å²) in [7, 11) is 0. The lowest BCUT2D eigenvalue weighted by atomic mass is 10.1. The summed E-state index contributed by atoms with van der Waals surface area (Å²) in [6.07, 6.45) is 4.47. The molecule has 1 amide bonds. The van der Waals surface area contributed by atoms with Gasteiger partial charge in [0.15, 0.2) is 5.65 Å². The number of fused-ring (bicyclic) bond motifs is 1. The summed E-state index contributed by atoms with van der Waals surface area (Å²) in [6, 6.07) is 12.2. The minimum absolute atomic E-state index is 0.186. The van der Waals surface area contributed by atoms with Gasteiger partial charge in [-0.15, -0.1) is 5.10 Å². The molecule has 1 aromatic carbocycles. The second-order valence-corrected chi connectivity index (χ2v) is 9.22. The molecule has 3 aromatic rings. The van der Waals surface area contributed by atoms with Crippen molar-refractivity contribution in [3.8, 4) is 11.3 Å². The molecular formula is C24H32N6O2. The fourth-order valence-corrected chi connectivity index (χ4v) is 4.04. The van der Waals surface area contributed by atoms with Gasteiger partial charge in [-0.2, -0.15) is 0 Å². The molecule has 0 bridgehead atoms. The van der Waals surface area contributed by atoms with E-state index >= 15 is 0 Å². The van der Waals surface area contributed by atoms with Crippen LogP contribution in [0.5, 0.6) is 0 Å². The third-order valence-electron chi connectivity index (χ3n) is 5.64. The van der Waals surface area contributed by atoms with Crippen LogP contribution in [0.1, 0.15) is 45.6 Å². The van der Waals surface area contributed by atoms with Crippen molar-refractivity contribution in [2.45, 2.75) is 58.2 Å². The highest BCUT2D eigenvalue weighted by Gasteiger charge is 2.31. The highest BCUT2D eigenvalue weighted by atomic mass is 16.6. The maximum Gasteiger partial charge on any atom is 0.410 e. The first-order chi connectivity index (χ1) is 15.3. The molecule has 0 saturated carbocycles. The van der Waals surface area contributed by atoms with E-state index in [2.05, 4.69) is 10.3 Å². The van der Waals surface area contributed by atoms with Crippen LogP contribution < -0.4 is 11.1 Å². The van der Waals surface area contributed by atoms with Crippen LogP contribution >= 0.6 is 0 Å². The highest BCUT2D eigenvalue weighted by Crippen LogP contribution is 2.24. The Morgan fingerprint density at radius 2 is 2.00 bits per heavy atom. The van der Waals surface area contributed by atoms with Gasteiger partial charge in [0.25, 0.3) is 0 Å². The highest BCUT2D eigenvalue weighted by molar-refractivity contribution is 5.69. The van der Waals surface area contributed by atoms with Gasteiger partial charge in [-0.05, 0) is 57.7 Å². The van der Waals surface area contributed by atoms with E-state index in [1.165, 1.54) is 0 Å². The Morgan fingerprint density at radius 3 is 2.72 bits per heavy atom. The average molecular weight is 437 g/mol. The molecule has 1 aliphatic heterocycles. The molecule has 0 radical (unpaired) electrons. The van der Waals surface area contributed by atoms with Crippen LogP contribution in [0.15, 0.2) is 42.6 Å². The lowest BCUT2D eigenvalue weighted by molar-refractivity contribution is 0.0223. The first-order valence-electron chi connectivity index (χ1n) is 11.2. The molecular weight excluding hydrogens is 404 g/mol. The van der Waals surface area contributed by atoms with Crippen LogP contribution in [-0.4, -0.2) is 50.3 Å². The number of anilines is 1. The van der Waals surface area contributed by atoms with E-state index in [0.29, 0.717) is 6.54 Å². The standard InChI is InChI=1S/C24H32N6O2/c1-24(2,3)32-23(31)29-14-4-5-19(29)12-13-26-21-10-11-22-27-16-20(30(22)28-21)18-8-6-17(15-25)7-9-18/h6-11,16,19H,4-5,12-15,25H2,1-3H3,(H,26,28). The van der Waals surface area contributed by atoms with Crippen molar-refractivity contribution in [1.82, 2.24) is 19.5 Å². The van der Waals surface area contributed by atoms with E-state index in [0.717, 1.165) is 60.6 Å². The number of amides is 1. The van der Waals surface area contributed by atoms with Crippen LogP contribution in [0.25, 0.3) is 16.9 Å². The zero-order chi connectivity index (χ0) is 22.7. The molecule has 170 valence electrons. The number of nitrogens with zero attached hydrogens (tertiary/aromatic N) is 4. The predicted molar refractivity (Wildman–Crippen MR) is 125 cm³/mol. The number of hydrogen-bond acceptors (Lipinski definition) is 6. The Kier molecular flexibility index (Phi) is 6.32. The lowest BCUT2D eigenvalue weighted by Gasteiger charge is -2.28. The fraction of sp³-hybridized carbons (Fsp3) is 0.458. The molecule has 8 nitrogen and oxygen atoms in total. The average Bonchev–Trinajstić information content (AvgIpc) is 3.39. The van der Waals surface area contributed by atoms with Gasteiger partial charge in [-0.1, -0.05) is 24.3 Å². The van der Waals surface area contributed by atoms with Crippen LogP contribution in [0.2, 0.25) is 0 Å². The number of carbonyl (C=O) groups is 1. The van der Waals surface area contributed by atoms with Crippen molar-refractivity contribution < 1.29 is 9.53 Å². The van der Waals surface area contributed by atoms with Crippen LogP contribution in [-0.2, 0) is 11.3 Å². The number of nitrogens with one attached hydrogen (secondary N) is 1. The Labute approximate surface area is 188 Å². The molecule has 3 heterocycles. The van der Waals surface area contributed by atoms with E-state index in [1.807, 2.05) is 72.8 Å². The number of imidazole rings is 1. The zero-order valence-corrected chi connectivity index (χ0v) is 19.0. The van der Waals surface area contributed by atoms with Gasteiger partial charge in [-0.25, -0.2) is 14.3 Å². The minimum atomic E-state index is -0.477. The first-order valence-corrected chi connectivity index (χ1v) is 11.2. The Balaban J connectivity index is 1.41. The molecule has 4 rings (SSSR count). The Morgan fingerprint density at radius 1 is 1.22 bits per heavy atom. The monoisotopic (exact) mass is 436 g/mol. The van der Waals surface area contributed by atoms with Crippen molar-refractivity contribution in [3.63, 3.8) is 0 Å². The SMILES string of the molecule is CC(C)(C)OC(=O)N1CCCC1CCNc1ccc2ncc(-c3ccc(CN)cc3)n2n1. The van der Waals surface area contributed by atoms with Gasteiger partial charge >= 0.3 is 6.09 Å². The summed E-state index contributed by atoms with van der Waals surface area (Å²) in [5.41, 5.74) is 9.08. The summed E-state index contributed by atoms with van der Waals surface area (Å²) < 4.78 is 7.41. The summed E-state index contributed by atoms with van der Waals surface area (Å²) >= 11 is 0. The van der Waals surface area contributed by atoms with Crippen LogP contribution in [0, 0.1) is 0 Å². The van der Waals surface area contributed by atoms with E-state index in [4.69, 9.17) is 15.6 Å². The Hall–Kier alpha value is -3.13. The predicted octanol–water partition coefficient (Wildman–Crippen LogP) is 4.06. The number of aromatic nitrogens is 3. The number of benzene rings is 1. The maximum atomic E-state index is 12.5. The number of nitrogens with two attached hydrogens (primary N) is 1. The molecule has 2 aromatic heterocycles. The van der Waals surface area contributed by atoms with Crippen molar-refractivity contribution in [3.05, 3.63) is 48.2 Å². The molecule has 1 aliphatic rings.